The molecule has 1 unspecified atom stereocenters. The van der Waals surface area contributed by atoms with Crippen LogP contribution in [0.15, 0.2) is 24.5 Å². The second-order valence-corrected chi connectivity index (χ2v) is 2.54. The maximum atomic E-state index is 5.20. The molecule has 0 N–H and O–H groups in total. The molecule has 1 aliphatic heterocycles. The Kier molecular flexibility index (Phi) is 4.64. The number of allylic oxidation sites excluding steroid dienone is 1. The van der Waals surface area contributed by atoms with Crippen LogP contribution in [-0.2, 0) is 4.74 Å². The molecule has 0 saturated carbocycles. The summed E-state index contributed by atoms with van der Waals surface area (Å²) in [4.78, 5) is 0. The van der Waals surface area contributed by atoms with Crippen LogP contribution in [0.3, 0.4) is 0 Å². The Morgan fingerprint density at radius 3 is 2.86 bits per heavy atom. The van der Waals surface area contributed by atoms with E-state index in [0.29, 0.717) is 0 Å². The predicted octanol–water partition coefficient (Wildman–Crippen LogP) is 1.88. The topological polar surface area (TPSA) is 9.23 Å². The first-order valence-corrected chi connectivity index (χ1v) is 4.33. The predicted molar refractivity (Wildman–Crippen MR) is 56.8 cm³/mol. The molecule has 0 aromatic rings. The van der Waals surface area contributed by atoms with Gasteiger partial charge in [-0.15, -0.1) is 0 Å². The van der Waals surface area contributed by atoms with Crippen molar-refractivity contribution in [3.63, 3.8) is 0 Å². The van der Waals surface area contributed by atoms with E-state index in [0.717, 1.165) is 6.42 Å². The lowest BCUT2D eigenvalue weighted by Crippen LogP contribution is -1.97. The standard InChI is InChI=1S/C13H10O/c1-2-3-4-5-6-7-8-10-13-11-9-12-14-13/h8-10,12-13H,11H2,1H3/b10-8+. The van der Waals surface area contributed by atoms with Crippen molar-refractivity contribution in [2.45, 2.75) is 19.4 Å². The minimum absolute atomic E-state index is 0.146. The van der Waals surface area contributed by atoms with Crippen molar-refractivity contribution < 1.29 is 4.74 Å². The lowest BCUT2D eigenvalue weighted by molar-refractivity contribution is 0.214. The van der Waals surface area contributed by atoms with E-state index in [2.05, 4.69) is 35.5 Å². The van der Waals surface area contributed by atoms with Gasteiger partial charge < -0.3 is 4.74 Å². The van der Waals surface area contributed by atoms with Crippen LogP contribution < -0.4 is 0 Å². The molecule has 1 atom stereocenters. The molecule has 0 spiro atoms. The van der Waals surface area contributed by atoms with E-state index in [9.17, 15) is 0 Å². The minimum atomic E-state index is 0.146. The molecule has 1 aliphatic rings. The molecular weight excluding hydrogens is 172 g/mol. The second-order valence-electron chi connectivity index (χ2n) is 2.54. The molecule has 68 valence electrons. The molecule has 0 amide bonds. The lowest BCUT2D eigenvalue weighted by Gasteiger charge is -2.00. The average Bonchev–Trinajstić information content (AvgIpc) is 2.69. The van der Waals surface area contributed by atoms with E-state index in [1.54, 1.807) is 19.3 Å². The highest BCUT2D eigenvalue weighted by molar-refractivity contribution is 5.37. The van der Waals surface area contributed by atoms with Crippen molar-refractivity contribution in [3.05, 3.63) is 24.5 Å². The van der Waals surface area contributed by atoms with Crippen LogP contribution in [0.25, 0.3) is 0 Å². The molecule has 0 fully saturated rings. The normalized spacial score (nSPS) is 17.1. The molecule has 14 heavy (non-hydrogen) atoms. The van der Waals surface area contributed by atoms with Gasteiger partial charge in [0.05, 0.1) is 6.26 Å². The highest BCUT2D eigenvalue weighted by atomic mass is 16.5. The first kappa shape index (κ1) is 10.0. The van der Waals surface area contributed by atoms with Crippen molar-refractivity contribution in [3.8, 4) is 35.5 Å². The van der Waals surface area contributed by atoms with Crippen LogP contribution in [0.4, 0.5) is 0 Å². The van der Waals surface area contributed by atoms with Gasteiger partial charge in [-0.1, -0.05) is 11.8 Å². The minimum Gasteiger partial charge on any atom is -0.494 e. The van der Waals surface area contributed by atoms with Gasteiger partial charge in [0, 0.05) is 6.42 Å². The molecule has 0 aromatic carbocycles. The molecule has 0 aromatic heterocycles. The molecule has 0 radical (unpaired) electrons. The molecule has 1 heteroatoms. The summed E-state index contributed by atoms with van der Waals surface area (Å²) in [5.74, 6) is 16.0. The first-order valence-electron chi connectivity index (χ1n) is 4.33. The van der Waals surface area contributed by atoms with Crippen LogP contribution in [0.5, 0.6) is 0 Å². The van der Waals surface area contributed by atoms with Gasteiger partial charge in [-0.05, 0) is 48.8 Å². The number of ether oxygens (including phenoxy) is 1. The highest BCUT2D eigenvalue weighted by Gasteiger charge is 2.04. The van der Waals surface area contributed by atoms with Crippen LogP contribution >= 0.6 is 0 Å². The van der Waals surface area contributed by atoms with Crippen molar-refractivity contribution in [2.24, 2.45) is 0 Å². The molecule has 0 aliphatic carbocycles. The van der Waals surface area contributed by atoms with E-state index in [1.165, 1.54) is 0 Å². The summed E-state index contributed by atoms with van der Waals surface area (Å²) in [5, 5.41) is 0. The van der Waals surface area contributed by atoms with Crippen molar-refractivity contribution >= 4 is 0 Å². The molecule has 1 rings (SSSR count). The fourth-order valence-corrected chi connectivity index (χ4v) is 0.884. The Labute approximate surface area is 84.8 Å². The van der Waals surface area contributed by atoms with Crippen molar-refractivity contribution in [1.82, 2.24) is 0 Å². The Hall–Kier alpha value is -2.04. The summed E-state index contributed by atoms with van der Waals surface area (Å²) in [6.07, 6.45) is 8.43. The summed E-state index contributed by atoms with van der Waals surface area (Å²) in [5.41, 5.74) is 0. The summed E-state index contributed by atoms with van der Waals surface area (Å²) in [6, 6.07) is 0. The molecule has 1 heterocycles. The third kappa shape index (κ3) is 4.10. The Bertz CT molecular complexity index is 399. The summed E-state index contributed by atoms with van der Waals surface area (Å²) in [6.45, 7) is 1.74. The zero-order valence-corrected chi connectivity index (χ0v) is 8.00. The molecular formula is C13H10O. The van der Waals surface area contributed by atoms with E-state index < -0.39 is 0 Å². The van der Waals surface area contributed by atoms with Gasteiger partial charge in [0.2, 0.25) is 0 Å². The van der Waals surface area contributed by atoms with Gasteiger partial charge >= 0.3 is 0 Å². The molecule has 1 nitrogen and oxygen atoms in total. The summed E-state index contributed by atoms with van der Waals surface area (Å²) in [7, 11) is 0. The average molecular weight is 182 g/mol. The highest BCUT2D eigenvalue weighted by Crippen LogP contribution is 2.08. The van der Waals surface area contributed by atoms with Crippen molar-refractivity contribution in [2.75, 3.05) is 0 Å². The number of hydrogen-bond acceptors (Lipinski definition) is 1. The zero-order chi connectivity index (χ0) is 10.1. The fraction of sp³-hybridized carbons (Fsp3) is 0.231. The SMILES string of the molecule is CC#CC#CC#C/C=C/C1CC=CO1. The first-order chi connectivity index (χ1) is 6.93. The third-order valence-electron chi connectivity index (χ3n) is 1.50. The smallest absolute Gasteiger partial charge is 0.120 e. The molecule has 0 bridgehead atoms. The van der Waals surface area contributed by atoms with Gasteiger partial charge in [0.25, 0.3) is 0 Å². The van der Waals surface area contributed by atoms with Crippen LogP contribution in [0.1, 0.15) is 13.3 Å². The zero-order valence-electron chi connectivity index (χ0n) is 8.00. The maximum absolute atomic E-state index is 5.20. The second kappa shape index (κ2) is 6.47. The van der Waals surface area contributed by atoms with E-state index in [1.807, 2.05) is 12.2 Å². The van der Waals surface area contributed by atoms with Crippen LogP contribution in [0.2, 0.25) is 0 Å². The molecule has 0 saturated heterocycles. The Morgan fingerprint density at radius 1 is 1.29 bits per heavy atom. The lowest BCUT2D eigenvalue weighted by atomic mass is 10.2. The van der Waals surface area contributed by atoms with E-state index in [-0.39, 0.29) is 6.10 Å². The van der Waals surface area contributed by atoms with E-state index >= 15 is 0 Å². The number of hydrogen-bond donors (Lipinski definition) is 0. The van der Waals surface area contributed by atoms with Gasteiger partial charge in [-0.3, -0.25) is 0 Å². The van der Waals surface area contributed by atoms with E-state index in [4.69, 9.17) is 4.74 Å². The van der Waals surface area contributed by atoms with Crippen molar-refractivity contribution in [1.29, 1.82) is 0 Å². The van der Waals surface area contributed by atoms with Gasteiger partial charge in [-0.25, -0.2) is 0 Å². The van der Waals surface area contributed by atoms with Gasteiger partial charge in [-0.2, -0.15) is 0 Å². The number of rotatable bonds is 1. The van der Waals surface area contributed by atoms with Crippen LogP contribution in [-0.4, -0.2) is 6.10 Å². The maximum Gasteiger partial charge on any atom is 0.120 e. The largest absolute Gasteiger partial charge is 0.494 e. The Balaban J connectivity index is 2.31. The summed E-state index contributed by atoms with van der Waals surface area (Å²) >= 11 is 0. The summed E-state index contributed by atoms with van der Waals surface area (Å²) < 4.78 is 5.20. The van der Waals surface area contributed by atoms with Crippen LogP contribution in [0, 0.1) is 35.5 Å². The monoisotopic (exact) mass is 182 g/mol. The fourth-order valence-electron chi connectivity index (χ4n) is 0.884. The quantitative estimate of drug-likeness (QED) is 0.562. The Morgan fingerprint density at radius 2 is 2.14 bits per heavy atom. The van der Waals surface area contributed by atoms with Gasteiger partial charge in [0.1, 0.15) is 6.10 Å². The third-order valence-corrected chi connectivity index (χ3v) is 1.50. The van der Waals surface area contributed by atoms with Gasteiger partial charge in [0.15, 0.2) is 0 Å².